The molecule has 1 atom stereocenters. The summed E-state index contributed by atoms with van der Waals surface area (Å²) in [6.07, 6.45) is 0.724. The van der Waals surface area contributed by atoms with E-state index in [9.17, 15) is 13.2 Å². The van der Waals surface area contributed by atoms with Crippen LogP contribution in [-0.2, 0) is 10.0 Å². The van der Waals surface area contributed by atoms with Crippen LogP contribution >= 0.6 is 0 Å². The summed E-state index contributed by atoms with van der Waals surface area (Å²) in [5.74, 6) is -0.310. The second-order valence-corrected chi connectivity index (χ2v) is 9.03. The van der Waals surface area contributed by atoms with Gasteiger partial charge in [-0.25, -0.2) is 8.42 Å². The smallest absolute Gasteiger partial charge is 0.261 e. The molecule has 1 amide bonds. The number of hydrogen-bond acceptors (Lipinski definition) is 3. The summed E-state index contributed by atoms with van der Waals surface area (Å²) in [6, 6.07) is 21.0. The van der Waals surface area contributed by atoms with Crippen LogP contribution in [0.1, 0.15) is 46.4 Å². The predicted octanol–water partition coefficient (Wildman–Crippen LogP) is 4.99. The fourth-order valence-corrected chi connectivity index (χ4v) is 4.21. The summed E-state index contributed by atoms with van der Waals surface area (Å²) in [6.45, 7) is 5.94. The molecule has 0 aliphatic rings. The van der Waals surface area contributed by atoms with Crippen LogP contribution in [0.25, 0.3) is 0 Å². The van der Waals surface area contributed by atoms with E-state index in [0.29, 0.717) is 11.3 Å². The van der Waals surface area contributed by atoms with Gasteiger partial charge in [-0.3, -0.25) is 9.52 Å². The zero-order valence-electron chi connectivity index (χ0n) is 17.3. The third-order valence-electron chi connectivity index (χ3n) is 4.90. The molecule has 30 heavy (non-hydrogen) atoms. The second-order valence-electron chi connectivity index (χ2n) is 7.34. The molecule has 0 fully saturated rings. The van der Waals surface area contributed by atoms with Gasteiger partial charge in [-0.05, 0) is 56.2 Å². The molecule has 3 aromatic rings. The molecule has 0 heterocycles. The molecule has 0 aliphatic heterocycles. The van der Waals surface area contributed by atoms with Crippen molar-refractivity contribution >= 4 is 21.6 Å². The number of benzene rings is 3. The summed E-state index contributed by atoms with van der Waals surface area (Å²) < 4.78 is 28.1. The summed E-state index contributed by atoms with van der Waals surface area (Å²) in [4.78, 5) is 12.8. The number of sulfonamides is 1. The van der Waals surface area contributed by atoms with Crippen LogP contribution in [0.3, 0.4) is 0 Å². The van der Waals surface area contributed by atoms with E-state index in [1.807, 2.05) is 57.2 Å². The van der Waals surface area contributed by atoms with Crippen molar-refractivity contribution in [1.29, 1.82) is 0 Å². The SMILES string of the molecule is CC[C@@H](NC(=O)c1cccc(S(=O)(=O)Nc2ccc(C)cc2)c1)c1ccc(C)cc1. The summed E-state index contributed by atoms with van der Waals surface area (Å²) in [5, 5.41) is 3.00. The maximum Gasteiger partial charge on any atom is 0.261 e. The molecule has 0 spiro atoms. The van der Waals surface area contributed by atoms with Gasteiger partial charge >= 0.3 is 0 Å². The van der Waals surface area contributed by atoms with Crippen LogP contribution in [0.15, 0.2) is 77.7 Å². The van der Waals surface area contributed by atoms with Crippen molar-refractivity contribution in [3.8, 4) is 0 Å². The number of nitrogens with one attached hydrogen (secondary N) is 2. The van der Waals surface area contributed by atoms with Gasteiger partial charge in [-0.15, -0.1) is 0 Å². The maximum absolute atomic E-state index is 12.8. The van der Waals surface area contributed by atoms with Crippen molar-refractivity contribution in [2.75, 3.05) is 4.72 Å². The number of rotatable bonds is 7. The van der Waals surface area contributed by atoms with E-state index in [0.717, 1.165) is 23.1 Å². The Hall–Kier alpha value is -3.12. The molecular formula is C24H26N2O3S. The fourth-order valence-electron chi connectivity index (χ4n) is 3.10. The zero-order valence-corrected chi connectivity index (χ0v) is 18.2. The van der Waals surface area contributed by atoms with Crippen molar-refractivity contribution in [3.05, 3.63) is 95.1 Å². The lowest BCUT2D eigenvalue weighted by molar-refractivity contribution is 0.0935. The first-order valence-electron chi connectivity index (χ1n) is 9.85. The zero-order chi connectivity index (χ0) is 21.7. The van der Waals surface area contributed by atoms with Gasteiger partial charge in [0.15, 0.2) is 0 Å². The van der Waals surface area contributed by atoms with Crippen LogP contribution in [0.4, 0.5) is 5.69 Å². The number of amides is 1. The number of aryl methyl sites for hydroxylation is 2. The second kappa shape index (κ2) is 9.13. The third kappa shape index (κ3) is 5.27. The summed E-state index contributed by atoms with van der Waals surface area (Å²) >= 11 is 0. The van der Waals surface area contributed by atoms with E-state index in [4.69, 9.17) is 0 Å². The van der Waals surface area contributed by atoms with Crippen LogP contribution in [-0.4, -0.2) is 14.3 Å². The fraction of sp³-hybridized carbons (Fsp3) is 0.208. The Labute approximate surface area is 178 Å². The van der Waals surface area contributed by atoms with Gasteiger partial charge in [0.1, 0.15) is 0 Å². The first kappa shape index (κ1) is 21.6. The first-order chi connectivity index (χ1) is 14.3. The van der Waals surface area contributed by atoms with E-state index in [1.165, 1.54) is 12.1 Å². The van der Waals surface area contributed by atoms with E-state index < -0.39 is 10.0 Å². The Balaban J connectivity index is 1.78. The molecule has 6 heteroatoms. The molecule has 0 saturated heterocycles. The standard InChI is InChI=1S/C24H26N2O3S/c1-4-23(19-12-8-17(2)9-13-19)25-24(27)20-6-5-7-22(16-20)30(28,29)26-21-14-10-18(3)11-15-21/h5-16,23,26H,4H2,1-3H3,(H,25,27)/t23-/m1/s1. The van der Waals surface area contributed by atoms with Gasteiger partial charge in [-0.2, -0.15) is 0 Å². The van der Waals surface area contributed by atoms with E-state index in [2.05, 4.69) is 10.0 Å². The average molecular weight is 423 g/mol. The minimum Gasteiger partial charge on any atom is -0.345 e. The molecule has 0 radical (unpaired) electrons. The number of anilines is 1. The van der Waals surface area contributed by atoms with Gasteiger partial charge < -0.3 is 5.32 Å². The lowest BCUT2D eigenvalue weighted by Gasteiger charge is -2.18. The van der Waals surface area contributed by atoms with Crippen LogP contribution < -0.4 is 10.0 Å². The Morgan fingerprint density at radius 1 is 0.900 bits per heavy atom. The minimum absolute atomic E-state index is 0.0408. The highest BCUT2D eigenvalue weighted by molar-refractivity contribution is 7.92. The van der Waals surface area contributed by atoms with Crippen molar-refractivity contribution in [3.63, 3.8) is 0 Å². The van der Waals surface area contributed by atoms with Crippen molar-refractivity contribution in [2.24, 2.45) is 0 Å². The van der Waals surface area contributed by atoms with Crippen LogP contribution in [0.5, 0.6) is 0 Å². The molecule has 0 bridgehead atoms. The predicted molar refractivity (Wildman–Crippen MR) is 120 cm³/mol. The van der Waals surface area contributed by atoms with E-state index in [-0.39, 0.29) is 16.8 Å². The van der Waals surface area contributed by atoms with Gasteiger partial charge in [0, 0.05) is 11.3 Å². The van der Waals surface area contributed by atoms with E-state index in [1.54, 1.807) is 24.3 Å². The number of carbonyl (C=O) groups excluding carboxylic acids is 1. The van der Waals surface area contributed by atoms with Crippen LogP contribution in [0.2, 0.25) is 0 Å². The average Bonchev–Trinajstić information content (AvgIpc) is 2.74. The Kier molecular flexibility index (Phi) is 6.57. The van der Waals surface area contributed by atoms with E-state index >= 15 is 0 Å². The lowest BCUT2D eigenvalue weighted by Crippen LogP contribution is -2.28. The minimum atomic E-state index is -3.80. The Morgan fingerprint density at radius 3 is 2.10 bits per heavy atom. The van der Waals surface area contributed by atoms with Gasteiger partial charge in [0.2, 0.25) is 0 Å². The lowest BCUT2D eigenvalue weighted by atomic mass is 10.0. The molecule has 3 rings (SSSR count). The molecular weight excluding hydrogens is 396 g/mol. The summed E-state index contributed by atoms with van der Waals surface area (Å²) in [7, 11) is -3.80. The van der Waals surface area contributed by atoms with Gasteiger partial charge in [0.25, 0.3) is 15.9 Å². The number of hydrogen-bond donors (Lipinski definition) is 2. The third-order valence-corrected chi connectivity index (χ3v) is 6.28. The highest BCUT2D eigenvalue weighted by Gasteiger charge is 2.18. The first-order valence-corrected chi connectivity index (χ1v) is 11.3. The molecule has 0 saturated carbocycles. The van der Waals surface area contributed by atoms with Gasteiger partial charge in [-0.1, -0.05) is 60.5 Å². The van der Waals surface area contributed by atoms with Crippen molar-refractivity contribution < 1.29 is 13.2 Å². The highest BCUT2D eigenvalue weighted by atomic mass is 32.2. The molecule has 0 aliphatic carbocycles. The maximum atomic E-state index is 12.8. The molecule has 0 aromatic heterocycles. The molecule has 156 valence electrons. The summed E-state index contributed by atoms with van der Waals surface area (Å²) in [5.41, 5.74) is 3.98. The normalized spacial score (nSPS) is 12.2. The molecule has 5 nitrogen and oxygen atoms in total. The largest absolute Gasteiger partial charge is 0.345 e. The quantitative estimate of drug-likeness (QED) is 0.563. The molecule has 2 N–H and O–H groups in total. The monoisotopic (exact) mass is 422 g/mol. The Bertz CT molecular complexity index is 1120. The highest BCUT2D eigenvalue weighted by Crippen LogP contribution is 2.20. The Morgan fingerprint density at radius 2 is 1.50 bits per heavy atom. The van der Waals surface area contributed by atoms with Crippen molar-refractivity contribution in [1.82, 2.24) is 5.32 Å². The van der Waals surface area contributed by atoms with Crippen LogP contribution in [0, 0.1) is 13.8 Å². The number of carbonyl (C=O) groups is 1. The van der Waals surface area contributed by atoms with Crippen molar-refractivity contribution in [2.45, 2.75) is 38.1 Å². The van der Waals surface area contributed by atoms with Gasteiger partial charge in [0.05, 0.1) is 10.9 Å². The molecule has 3 aromatic carbocycles. The molecule has 0 unspecified atom stereocenters. The topological polar surface area (TPSA) is 75.3 Å².